The number of methoxy groups -OCH3 is 1. The van der Waals surface area contributed by atoms with Crippen molar-refractivity contribution in [3.63, 3.8) is 0 Å². The summed E-state index contributed by atoms with van der Waals surface area (Å²) in [4.78, 5) is 23.0. The summed E-state index contributed by atoms with van der Waals surface area (Å²) in [5.74, 6) is -1.07. The number of thiophene rings is 1. The van der Waals surface area contributed by atoms with Crippen molar-refractivity contribution in [2.75, 3.05) is 12.4 Å². The topological polar surface area (TPSA) is 75.6 Å². The van der Waals surface area contributed by atoms with E-state index >= 15 is 0 Å². The van der Waals surface area contributed by atoms with E-state index in [1.54, 1.807) is 12.1 Å². The number of nitrogens with one attached hydrogen (secondary N) is 1. The van der Waals surface area contributed by atoms with Gasteiger partial charge in [0.2, 0.25) is 0 Å². The van der Waals surface area contributed by atoms with Crippen molar-refractivity contribution in [1.82, 2.24) is 0 Å². The van der Waals surface area contributed by atoms with Gasteiger partial charge < -0.3 is 15.2 Å². The third-order valence-corrected chi connectivity index (χ3v) is 3.69. The van der Waals surface area contributed by atoms with Gasteiger partial charge in [-0.15, -0.1) is 11.3 Å². The Morgan fingerprint density at radius 3 is 2.65 bits per heavy atom. The van der Waals surface area contributed by atoms with Gasteiger partial charge in [-0.1, -0.05) is 11.6 Å². The first-order valence-electron chi connectivity index (χ1n) is 5.49. The highest BCUT2D eigenvalue weighted by molar-refractivity contribution is 7.18. The van der Waals surface area contributed by atoms with E-state index in [9.17, 15) is 9.59 Å². The van der Waals surface area contributed by atoms with Crippen LogP contribution in [-0.4, -0.2) is 24.1 Å². The molecular weight excluding hydrogens is 302 g/mol. The minimum Gasteiger partial charge on any atom is -0.496 e. The Labute approximate surface area is 123 Å². The Morgan fingerprint density at radius 1 is 1.30 bits per heavy atom. The number of carboxylic acids is 1. The van der Waals surface area contributed by atoms with Crippen molar-refractivity contribution in [2.45, 2.75) is 0 Å². The van der Waals surface area contributed by atoms with Gasteiger partial charge >= 0.3 is 5.97 Å². The number of rotatable bonds is 4. The predicted octanol–water partition coefficient (Wildman–Crippen LogP) is 3.36. The normalized spacial score (nSPS) is 10.1. The van der Waals surface area contributed by atoms with Crippen LogP contribution in [0.5, 0.6) is 5.75 Å². The van der Waals surface area contributed by atoms with Crippen LogP contribution in [0.1, 0.15) is 20.0 Å². The lowest BCUT2D eigenvalue weighted by Crippen LogP contribution is -2.12. The lowest BCUT2D eigenvalue weighted by Gasteiger charge is -2.08. The van der Waals surface area contributed by atoms with Crippen molar-refractivity contribution in [2.24, 2.45) is 0 Å². The Bertz CT molecular complexity index is 668. The zero-order chi connectivity index (χ0) is 14.7. The van der Waals surface area contributed by atoms with Gasteiger partial charge in [0.25, 0.3) is 5.91 Å². The molecule has 0 bridgehead atoms. The summed E-state index contributed by atoms with van der Waals surface area (Å²) in [6.45, 7) is 0. The van der Waals surface area contributed by atoms with Crippen LogP contribution in [0, 0.1) is 0 Å². The molecule has 7 heteroatoms. The molecule has 0 unspecified atom stereocenters. The van der Waals surface area contributed by atoms with E-state index in [2.05, 4.69) is 5.32 Å². The maximum absolute atomic E-state index is 12.1. The Kier molecular flexibility index (Phi) is 4.26. The fourth-order valence-corrected chi connectivity index (χ4v) is 2.45. The number of hydrogen-bond donors (Lipinski definition) is 2. The molecular formula is C13H10ClNO4S. The van der Waals surface area contributed by atoms with E-state index in [1.165, 1.54) is 25.3 Å². The monoisotopic (exact) mass is 311 g/mol. The summed E-state index contributed by atoms with van der Waals surface area (Å²) in [5, 5.41) is 12.4. The zero-order valence-electron chi connectivity index (χ0n) is 10.3. The average molecular weight is 312 g/mol. The molecule has 2 N–H and O–H groups in total. The van der Waals surface area contributed by atoms with Crippen molar-refractivity contribution >= 4 is 39.8 Å². The zero-order valence-corrected chi connectivity index (χ0v) is 11.9. The first kappa shape index (κ1) is 14.4. The van der Waals surface area contributed by atoms with Crippen LogP contribution in [0.25, 0.3) is 0 Å². The molecule has 0 atom stereocenters. The van der Waals surface area contributed by atoms with Crippen molar-refractivity contribution < 1.29 is 19.4 Å². The van der Waals surface area contributed by atoms with E-state index in [0.29, 0.717) is 21.3 Å². The fourth-order valence-electron chi connectivity index (χ4n) is 1.55. The number of carbonyl (C=O) groups excluding carboxylic acids is 1. The van der Waals surface area contributed by atoms with E-state index in [-0.39, 0.29) is 4.88 Å². The molecule has 0 spiro atoms. The lowest BCUT2D eigenvalue weighted by molar-refractivity contribution is 0.0702. The molecule has 1 amide bonds. The van der Waals surface area contributed by atoms with Crippen molar-refractivity contribution in [3.05, 3.63) is 45.8 Å². The second kappa shape index (κ2) is 5.94. The molecule has 2 rings (SSSR count). The summed E-state index contributed by atoms with van der Waals surface area (Å²) in [6, 6.07) is 7.63. The third-order valence-electron chi connectivity index (χ3n) is 2.46. The predicted molar refractivity (Wildman–Crippen MR) is 77.2 cm³/mol. The molecule has 0 fully saturated rings. The number of halogens is 1. The Morgan fingerprint density at radius 2 is 2.05 bits per heavy atom. The second-order valence-electron chi connectivity index (χ2n) is 3.77. The standard InChI is InChI=1S/C13H10ClNO4S/c1-19-9-6-7(14)2-3-8(9)12(16)15-11-5-4-10(20-11)13(17)18/h2-6H,1H3,(H,15,16)(H,17,18). The van der Waals surface area contributed by atoms with E-state index in [0.717, 1.165) is 11.3 Å². The average Bonchev–Trinajstić information content (AvgIpc) is 2.87. The number of carboxylic acid groups (broad SMARTS) is 1. The van der Waals surface area contributed by atoms with Crippen LogP contribution in [0.2, 0.25) is 5.02 Å². The molecule has 0 aliphatic heterocycles. The summed E-state index contributed by atoms with van der Waals surface area (Å²) in [7, 11) is 1.44. The van der Waals surface area contributed by atoms with Crippen LogP contribution in [-0.2, 0) is 0 Å². The smallest absolute Gasteiger partial charge is 0.345 e. The first-order chi connectivity index (χ1) is 9.51. The summed E-state index contributed by atoms with van der Waals surface area (Å²) >= 11 is 6.81. The number of anilines is 1. The first-order valence-corrected chi connectivity index (χ1v) is 6.68. The summed E-state index contributed by atoms with van der Waals surface area (Å²) < 4.78 is 5.09. The largest absolute Gasteiger partial charge is 0.496 e. The van der Waals surface area contributed by atoms with Crippen LogP contribution in [0.3, 0.4) is 0 Å². The van der Waals surface area contributed by atoms with Crippen LogP contribution < -0.4 is 10.1 Å². The van der Waals surface area contributed by atoms with Crippen molar-refractivity contribution in [1.29, 1.82) is 0 Å². The minimum atomic E-state index is -1.03. The number of hydrogen-bond acceptors (Lipinski definition) is 4. The number of aromatic carboxylic acids is 1. The minimum absolute atomic E-state index is 0.156. The molecule has 0 saturated heterocycles. The number of amides is 1. The molecule has 0 aliphatic carbocycles. The quantitative estimate of drug-likeness (QED) is 0.907. The van der Waals surface area contributed by atoms with Crippen LogP contribution in [0.4, 0.5) is 5.00 Å². The van der Waals surface area contributed by atoms with Gasteiger partial charge in [0, 0.05) is 5.02 Å². The highest BCUT2D eigenvalue weighted by atomic mass is 35.5. The van der Waals surface area contributed by atoms with Crippen LogP contribution >= 0.6 is 22.9 Å². The maximum atomic E-state index is 12.1. The van der Waals surface area contributed by atoms with Gasteiger partial charge in [-0.25, -0.2) is 4.79 Å². The molecule has 20 heavy (non-hydrogen) atoms. The van der Waals surface area contributed by atoms with E-state index in [1.807, 2.05) is 0 Å². The SMILES string of the molecule is COc1cc(Cl)ccc1C(=O)Nc1ccc(C(=O)O)s1. The molecule has 0 saturated carbocycles. The number of benzene rings is 1. The number of ether oxygens (including phenoxy) is 1. The van der Waals surface area contributed by atoms with Gasteiger partial charge in [0.15, 0.2) is 0 Å². The molecule has 104 valence electrons. The Hall–Kier alpha value is -2.05. The maximum Gasteiger partial charge on any atom is 0.345 e. The molecule has 2 aromatic rings. The van der Waals surface area contributed by atoms with Gasteiger partial charge in [0.05, 0.1) is 17.7 Å². The van der Waals surface area contributed by atoms with Crippen molar-refractivity contribution in [3.8, 4) is 5.75 Å². The highest BCUT2D eigenvalue weighted by Gasteiger charge is 2.15. The van der Waals surface area contributed by atoms with E-state index < -0.39 is 11.9 Å². The van der Waals surface area contributed by atoms with Crippen LogP contribution in [0.15, 0.2) is 30.3 Å². The highest BCUT2D eigenvalue weighted by Crippen LogP contribution is 2.26. The molecule has 0 aliphatic rings. The second-order valence-corrected chi connectivity index (χ2v) is 5.29. The fraction of sp³-hybridized carbons (Fsp3) is 0.0769. The Balaban J connectivity index is 2.21. The number of carbonyl (C=O) groups is 2. The lowest BCUT2D eigenvalue weighted by atomic mass is 10.2. The molecule has 1 heterocycles. The van der Waals surface area contributed by atoms with Gasteiger partial charge in [-0.05, 0) is 30.3 Å². The molecule has 5 nitrogen and oxygen atoms in total. The van der Waals surface area contributed by atoms with Gasteiger partial charge in [-0.3, -0.25) is 4.79 Å². The third kappa shape index (κ3) is 3.09. The van der Waals surface area contributed by atoms with E-state index in [4.69, 9.17) is 21.4 Å². The summed E-state index contributed by atoms with van der Waals surface area (Å²) in [5.41, 5.74) is 0.321. The van der Waals surface area contributed by atoms with Gasteiger partial charge in [-0.2, -0.15) is 0 Å². The van der Waals surface area contributed by atoms with Gasteiger partial charge in [0.1, 0.15) is 10.6 Å². The molecule has 1 aromatic carbocycles. The molecule has 1 aromatic heterocycles. The summed E-state index contributed by atoms with van der Waals surface area (Å²) in [6.07, 6.45) is 0. The molecule has 0 radical (unpaired) electrons.